The second-order valence-corrected chi connectivity index (χ2v) is 10.9. The van der Waals surface area contributed by atoms with Crippen molar-refractivity contribution in [3.05, 3.63) is 75.7 Å². The lowest BCUT2D eigenvalue weighted by molar-refractivity contribution is 0.178. The van der Waals surface area contributed by atoms with Crippen LogP contribution in [0.3, 0.4) is 0 Å². The average Bonchev–Trinajstić information content (AvgIpc) is 3.37. The van der Waals surface area contributed by atoms with Gasteiger partial charge in [0.1, 0.15) is 12.7 Å². The van der Waals surface area contributed by atoms with E-state index in [-0.39, 0.29) is 5.41 Å². The molecule has 0 saturated carbocycles. The number of halogens is 3. The lowest BCUT2D eigenvalue weighted by Gasteiger charge is -2.24. The lowest BCUT2D eigenvalue weighted by atomic mass is 9.96. The molecule has 0 saturated heterocycles. The maximum Gasteiger partial charge on any atom is 0.111 e. The fourth-order valence-corrected chi connectivity index (χ4v) is 4.31. The molecule has 0 radical (unpaired) electrons. The summed E-state index contributed by atoms with van der Waals surface area (Å²) in [6, 6.07) is 10.7. The van der Waals surface area contributed by atoms with Crippen molar-refractivity contribution < 1.29 is 5.76 Å². The van der Waals surface area contributed by atoms with Crippen molar-refractivity contribution in [2.24, 2.45) is 5.41 Å². The number of nitriles is 1. The minimum Gasteiger partial charge on any atom is -0.383 e. The maximum atomic E-state index is 13.4. The molecule has 0 spiro atoms. The summed E-state index contributed by atoms with van der Waals surface area (Å²) in [5, 5.41) is 19.4. The summed E-state index contributed by atoms with van der Waals surface area (Å²) in [4.78, 5) is 4.42. The maximum absolute atomic E-state index is 13.4. The highest BCUT2D eigenvalue weighted by Crippen LogP contribution is 2.37. The molecule has 1 aromatic heterocycles. The van der Waals surface area contributed by atoms with Gasteiger partial charge in [0.15, 0.2) is 0 Å². The van der Waals surface area contributed by atoms with Crippen LogP contribution in [-0.4, -0.2) is 29.3 Å². The van der Waals surface area contributed by atoms with E-state index < -0.39 is 18.7 Å². The van der Waals surface area contributed by atoms with Crippen molar-refractivity contribution in [2.45, 2.75) is 39.8 Å². The summed E-state index contributed by atoms with van der Waals surface area (Å²) >= 11 is 13.2. The molecule has 1 aliphatic heterocycles. The highest BCUT2D eigenvalue weighted by Gasteiger charge is 2.26. The van der Waals surface area contributed by atoms with E-state index in [9.17, 15) is 11.0 Å². The van der Waals surface area contributed by atoms with Crippen molar-refractivity contribution in [1.29, 1.82) is 5.26 Å². The van der Waals surface area contributed by atoms with Crippen LogP contribution in [0.25, 0.3) is 10.9 Å². The Morgan fingerprint density at radius 2 is 2.00 bits per heavy atom. The van der Waals surface area contributed by atoms with Crippen LogP contribution >= 0.6 is 23.2 Å². The van der Waals surface area contributed by atoms with Gasteiger partial charge in [0.2, 0.25) is 0 Å². The van der Waals surface area contributed by atoms with Crippen molar-refractivity contribution in [3.8, 4) is 6.07 Å². The summed E-state index contributed by atoms with van der Waals surface area (Å²) in [6.07, 6.45) is 3.15. The topological polar surface area (TPSA) is 88.0 Å². The van der Waals surface area contributed by atoms with Gasteiger partial charge in [-0.15, -0.1) is 5.53 Å². The van der Waals surface area contributed by atoms with Crippen LogP contribution in [0.4, 0.5) is 15.8 Å². The van der Waals surface area contributed by atoms with Gasteiger partial charge < -0.3 is 16.1 Å². The summed E-state index contributed by atoms with van der Waals surface area (Å²) in [7, 11) is 0. The Hall–Kier alpha value is -3.25. The Bertz CT molecular complexity index is 1420. The number of rotatable bonds is 8. The van der Waals surface area contributed by atoms with E-state index in [1.165, 1.54) is 6.20 Å². The molecule has 3 aromatic rings. The molecule has 1 aliphatic rings. The van der Waals surface area contributed by atoms with E-state index in [1.807, 2.05) is 6.07 Å². The van der Waals surface area contributed by atoms with Crippen LogP contribution in [0.2, 0.25) is 10.0 Å². The van der Waals surface area contributed by atoms with Gasteiger partial charge in [-0.2, -0.15) is 5.26 Å². The normalized spacial score (nSPS) is 16.3. The largest absolute Gasteiger partial charge is 0.383 e. The molecule has 2 heterocycles. The Morgan fingerprint density at radius 1 is 1.24 bits per heavy atom. The van der Waals surface area contributed by atoms with Crippen LogP contribution in [0.15, 0.2) is 54.5 Å². The van der Waals surface area contributed by atoms with Crippen LogP contribution < -0.4 is 21.6 Å². The van der Waals surface area contributed by atoms with Crippen molar-refractivity contribution in [1.82, 2.24) is 21.0 Å². The first-order chi connectivity index (χ1) is 18.0. The fourth-order valence-electron chi connectivity index (χ4n) is 3.82. The SMILES string of the molecule is [2H][C@](Nc1cc(Cl)c2ncc(C#N)c(NCC(C)(C)C)c2c1)(C1=CN([C@@H](C)CF)NN1)c1ccccc1Cl. The number of hydrogen-bond donors (Lipinski definition) is 4. The molecule has 2 aromatic carbocycles. The Labute approximate surface area is 228 Å². The molecule has 0 bridgehead atoms. The number of fused-ring (bicyclic) bond motifs is 1. The summed E-state index contributed by atoms with van der Waals surface area (Å²) in [6.45, 7) is 8.03. The number of hydrazine groups is 2. The monoisotopic (exact) mass is 542 g/mol. The quantitative estimate of drug-likeness (QED) is 0.256. The van der Waals surface area contributed by atoms with Gasteiger partial charge in [-0.3, -0.25) is 9.99 Å². The molecule has 10 heteroatoms. The molecular formula is C27H30Cl2FN7. The highest BCUT2D eigenvalue weighted by atomic mass is 35.5. The predicted octanol–water partition coefficient (Wildman–Crippen LogP) is 6.55. The number of hydrogen-bond acceptors (Lipinski definition) is 7. The van der Waals surface area contributed by atoms with Crippen LogP contribution in [-0.2, 0) is 0 Å². The molecule has 4 rings (SSSR count). The number of benzene rings is 2. The first kappa shape index (κ1) is 25.4. The zero-order chi connectivity index (χ0) is 27.7. The standard InChI is InChI=1S/C27H30Cl2FN7/c1-16(11-30)37-14-23(35-36-37)26(19-7-5-6-8-21(19)28)34-18-9-20-24(33-15-27(2,3)4)17(12-31)13-32-25(20)22(29)10-18/h5-10,13-14,16,26,34-36H,11,15H2,1-4H3,(H,32,33)/t16-,26+/m0/s1/i26D. The van der Waals surface area contributed by atoms with Gasteiger partial charge in [-0.05, 0) is 36.1 Å². The van der Waals surface area contributed by atoms with Gasteiger partial charge in [0.25, 0.3) is 0 Å². The van der Waals surface area contributed by atoms with Crippen LogP contribution in [0.5, 0.6) is 0 Å². The molecule has 0 amide bonds. The second kappa shape index (κ2) is 11.0. The predicted molar refractivity (Wildman–Crippen MR) is 149 cm³/mol. The van der Waals surface area contributed by atoms with Crippen molar-refractivity contribution in [3.63, 3.8) is 0 Å². The van der Waals surface area contributed by atoms with E-state index >= 15 is 0 Å². The van der Waals surface area contributed by atoms with Crippen molar-refractivity contribution >= 4 is 45.5 Å². The summed E-state index contributed by atoms with van der Waals surface area (Å²) < 4.78 is 22.9. The number of aromatic nitrogens is 1. The number of pyridine rings is 1. The van der Waals surface area contributed by atoms with Gasteiger partial charge in [-0.1, -0.05) is 62.2 Å². The van der Waals surface area contributed by atoms with Crippen LogP contribution in [0, 0.1) is 16.7 Å². The number of alkyl halides is 1. The van der Waals surface area contributed by atoms with Gasteiger partial charge in [0, 0.05) is 35.0 Å². The van der Waals surface area contributed by atoms with E-state index in [0.29, 0.717) is 55.7 Å². The number of nitrogens with one attached hydrogen (secondary N) is 4. The Balaban J connectivity index is 1.85. The molecule has 2 atom stereocenters. The summed E-state index contributed by atoms with van der Waals surface area (Å²) in [5.74, 6) is 0. The lowest BCUT2D eigenvalue weighted by Crippen LogP contribution is -2.43. The highest BCUT2D eigenvalue weighted by molar-refractivity contribution is 6.36. The molecule has 0 aliphatic carbocycles. The number of anilines is 2. The fraction of sp³-hybridized carbons (Fsp3) is 0.333. The van der Waals surface area contributed by atoms with E-state index in [1.54, 1.807) is 48.5 Å². The molecule has 0 unspecified atom stereocenters. The third-order valence-corrected chi connectivity index (χ3v) is 6.43. The Morgan fingerprint density at radius 3 is 2.68 bits per heavy atom. The smallest absolute Gasteiger partial charge is 0.111 e. The van der Waals surface area contributed by atoms with Crippen LogP contribution in [0.1, 0.15) is 46.2 Å². The molecule has 4 N–H and O–H groups in total. The summed E-state index contributed by atoms with van der Waals surface area (Å²) in [5.41, 5.74) is 8.77. The first-order valence-corrected chi connectivity index (χ1v) is 12.6. The van der Waals surface area contributed by atoms with E-state index in [2.05, 4.69) is 53.4 Å². The zero-order valence-electron chi connectivity index (χ0n) is 22.1. The van der Waals surface area contributed by atoms with Crippen molar-refractivity contribution in [2.75, 3.05) is 23.9 Å². The number of nitrogens with zero attached hydrogens (tertiary/aromatic N) is 3. The second-order valence-electron chi connectivity index (χ2n) is 10.1. The van der Waals surface area contributed by atoms with E-state index in [4.69, 9.17) is 23.2 Å². The minimum absolute atomic E-state index is 0.0431. The molecular weight excluding hydrogens is 512 g/mol. The molecule has 194 valence electrons. The average molecular weight is 543 g/mol. The van der Waals surface area contributed by atoms with Gasteiger partial charge >= 0.3 is 0 Å². The zero-order valence-corrected chi connectivity index (χ0v) is 22.6. The first-order valence-electron chi connectivity index (χ1n) is 12.3. The minimum atomic E-state index is -1.62. The van der Waals surface area contributed by atoms with Gasteiger partial charge in [-0.25, -0.2) is 4.39 Å². The van der Waals surface area contributed by atoms with Gasteiger partial charge in [0.05, 0.1) is 40.9 Å². The third kappa shape index (κ3) is 6.02. The Kier molecular flexibility index (Phi) is 7.56. The molecule has 7 nitrogen and oxygen atoms in total. The van der Waals surface area contributed by atoms with E-state index in [0.717, 1.165) is 0 Å². The molecule has 37 heavy (non-hydrogen) atoms. The molecule has 0 fully saturated rings. The third-order valence-electron chi connectivity index (χ3n) is 5.81.